The summed E-state index contributed by atoms with van der Waals surface area (Å²) in [5, 5.41) is 0. The van der Waals surface area contributed by atoms with Crippen molar-refractivity contribution in [2.24, 2.45) is 0 Å². The molecule has 0 unspecified atom stereocenters. The van der Waals surface area contributed by atoms with Gasteiger partial charge in [0.25, 0.3) is 0 Å². The molecule has 2 rings (SSSR count). The molecule has 0 nitrogen and oxygen atoms in total. The van der Waals surface area contributed by atoms with Crippen LogP contribution < -0.4 is 0 Å². The van der Waals surface area contributed by atoms with Crippen molar-refractivity contribution in [2.75, 3.05) is 0 Å². The summed E-state index contributed by atoms with van der Waals surface area (Å²) in [4.78, 5) is 0. The van der Waals surface area contributed by atoms with Crippen LogP contribution in [-0.2, 0) is 0 Å². The molecular weight excluding hydrogens is 252 g/mol. The topological polar surface area (TPSA) is 0 Å². The molecule has 0 aromatic heterocycles. The number of benzene rings is 1. The third-order valence-corrected chi connectivity index (χ3v) is 4.40. The Kier molecular flexibility index (Phi) is 6.79. The maximum atomic E-state index is 2.56. The molecule has 21 heavy (non-hydrogen) atoms. The Hall–Kier alpha value is -1.30. The van der Waals surface area contributed by atoms with Crippen molar-refractivity contribution in [1.29, 1.82) is 0 Å². The van der Waals surface area contributed by atoms with E-state index in [0.29, 0.717) is 0 Å². The van der Waals surface area contributed by atoms with Gasteiger partial charge >= 0.3 is 0 Å². The Balaban J connectivity index is 2.37. The van der Waals surface area contributed by atoms with Crippen molar-refractivity contribution in [3.63, 3.8) is 0 Å². The van der Waals surface area contributed by atoms with Crippen LogP contribution in [0.4, 0.5) is 0 Å². The monoisotopic (exact) mass is 282 g/mol. The van der Waals surface area contributed by atoms with Gasteiger partial charge in [-0.05, 0) is 55.2 Å². The Labute approximate surface area is 131 Å². The minimum absolute atomic E-state index is 1.20. The third-order valence-electron chi connectivity index (χ3n) is 4.40. The highest BCUT2D eigenvalue weighted by Gasteiger charge is 2.10. The number of hydrogen-bond acceptors (Lipinski definition) is 0. The molecule has 0 N–H and O–H groups in total. The first-order valence-electron chi connectivity index (χ1n) is 8.82. The summed E-state index contributed by atoms with van der Waals surface area (Å²) in [6.07, 6.45) is 14.3. The second-order valence-electron chi connectivity index (χ2n) is 6.23. The van der Waals surface area contributed by atoms with Crippen LogP contribution in [0.1, 0.15) is 77.2 Å². The van der Waals surface area contributed by atoms with Gasteiger partial charge in [-0.2, -0.15) is 0 Å². The Morgan fingerprint density at radius 2 is 1.57 bits per heavy atom. The summed E-state index contributed by atoms with van der Waals surface area (Å²) >= 11 is 0. The van der Waals surface area contributed by atoms with Crippen LogP contribution in [0.3, 0.4) is 0 Å². The van der Waals surface area contributed by atoms with E-state index < -0.39 is 0 Å². The van der Waals surface area contributed by atoms with Crippen molar-refractivity contribution in [2.45, 2.75) is 71.6 Å². The van der Waals surface area contributed by atoms with Crippen LogP contribution in [-0.4, -0.2) is 0 Å². The molecule has 1 aliphatic carbocycles. The van der Waals surface area contributed by atoms with Crippen molar-refractivity contribution in [3.8, 4) is 0 Å². The van der Waals surface area contributed by atoms with Gasteiger partial charge in [0.2, 0.25) is 0 Å². The molecule has 0 radical (unpaired) electrons. The number of hydrogen-bond donors (Lipinski definition) is 0. The van der Waals surface area contributed by atoms with Gasteiger partial charge in [-0.25, -0.2) is 0 Å². The maximum absolute atomic E-state index is 2.56. The first-order chi connectivity index (χ1) is 10.3. The lowest BCUT2D eigenvalue weighted by atomic mass is 9.88. The van der Waals surface area contributed by atoms with E-state index in [1.807, 2.05) is 0 Å². The zero-order valence-corrected chi connectivity index (χ0v) is 13.8. The molecule has 0 aliphatic heterocycles. The Morgan fingerprint density at radius 3 is 2.19 bits per heavy atom. The molecule has 0 amide bonds. The van der Waals surface area contributed by atoms with Gasteiger partial charge in [-0.15, -0.1) is 0 Å². The largest absolute Gasteiger partial charge is 0.0699 e. The van der Waals surface area contributed by atoms with Crippen LogP contribution >= 0.6 is 0 Å². The molecule has 1 aromatic carbocycles. The zero-order chi connectivity index (χ0) is 14.9. The fourth-order valence-corrected chi connectivity index (χ4v) is 3.36. The van der Waals surface area contributed by atoms with Gasteiger partial charge in [0.15, 0.2) is 0 Å². The number of rotatable bonds is 6. The van der Waals surface area contributed by atoms with Crippen LogP contribution in [0.25, 0.3) is 5.57 Å². The van der Waals surface area contributed by atoms with E-state index in [0.717, 1.165) is 0 Å². The van der Waals surface area contributed by atoms with E-state index >= 15 is 0 Å². The third kappa shape index (κ3) is 4.88. The summed E-state index contributed by atoms with van der Waals surface area (Å²) in [6.45, 7) is 4.59. The average Bonchev–Trinajstić information content (AvgIpc) is 2.54. The summed E-state index contributed by atoms with van der Waals surface area (Å²) in [5.74, 6) is 0. The molecule has 0 spiro atoms. The SMILES string of the molecule is CCC/C(C=C1CCCCC1)=C(\CCC)c1ccccc1. The lowest BCUT2D eigenvalue weighted by molar-refractivity contribution is 0.598. The van der Waals surface area contributed by atoms with Crippen molar-refractivity contribution in [1.82, 2.24) is 0 Å². The summed E-state index contributed by atoms with van der Waals surface area (Å²) in [7, 11) is 0. The maximum Gasteiger partial charge on any atom is -0.0222 e. The minimum Gasteiger partial charge on any atom is -0.0699 e. The normalized spacial score (nSPS) is 16.6. The molecule has 114 valence electrons. The van der Waals surface area contributed by atoms with Crippen molar-refractivity contribution >= 4 is 5.57 Å². The standard InChI is InChI=1S/C21H30/c1-3-11-20(17-18-13-7-5-8-14-18)21(12-4-2)19-15-9-6-10-16-19/h6,9-10,15-17H,3-5,7-8,11-14H2,1-2H3/b21-20-. The van der Waals surface area contributed by atoms with Crippen LogP contribution in [0.15, 0.2) is 47.6 Å². The first-order valence-corrected chi connectivity index (χ1v) is 8.82. The molecule has 0 atom stereocenters. The lowest BCUT2D eigenvalue weighted by Gasteiger charge is -2.17. The average molecular weight is 282 g/mol. The van der Waals surface area contributed by atoms with Gasteiger partial charge in [-0.1, -0.05) is 75.1 Å². The molecule has 0 bridgehead atoms. The highest BCUT2D eigenvalue weighted by Crippen LogP contribution is 2.31. The molecular formula is C21H30. The van der Waals surface area contributed by atoms with Gasteiger partial charge < -0.3 is 0 Å². The van der Waals surface area contributed by atoms with Gasteiger partial charge in [0.1, 0.15) is 0 Å². The lowest BCUT2D eigenvalue weighted by Crippen LogP contribution is -1.97. The van der Waals surface area contributed by atoms with Gasteiger partial charge in [0, 0.05) is 0 Å². The van der Waals surface area contributed by atoms with Gasteiger partial charge in [-0.3, -0.25) is 0 Å². The quantitative estimate of drug-likeness (QED) is 0.530. The summed E-state index contributed by atoms with van der Waals surface area (Å²) in [6, 6.07) is 11.0. The minimum atomic E-state index is 1.20. The van der Waals surface area contributed by atoms with E-state index in [-0.39, 0.29) is 0 Å². The highest BCUT2D eigenvalue weighted by atomic mass is 14.2. The predicted molar refractivity (Wildman–Crippen MR) is 94.3 cm³/mol. The van der Waals surface area contributed by atoms with Gasteiger partial charge in [0.05, 0.1) is 0 Å². The molecule has 0 heterocycles. The van der Waals surface area contributed by atoms with E-state index in [2.05, 4.69) is 50.3 Å². The van der Waals surface area contributed by atoms with E-state index in [1.165, 1.54) is 63.4 Å². The Morgan fingerprint density at radius 1 is 0.905 bits per heavy atom. The van der Waals surface area contributed by atoms with Crippen LogP contribution in [0.5, 0.6) is 0 Å². The highest BCUT2D eigenvalue weighted by molar-refractivity contribution is 5.71. The van der Waals surface area contributed by atoms with Crippen molar-refractivity contribution in [3.05, 3.63) is 53.1 Å². The van der Waals surface area contributed by atoms with Crippen LogP contribution in [0, 0.1) is 0 Å². The molecule has 1 aliphatic rings. The van der Waals surface area contributed by atoms with Crippen LogP contribution in [0.2, 0.25) is 0 Å². The smallest absolute Gasteiger partial charge is 0.0222 e. The molecule has 1 aromatic rings. The molecule has 0 saturated heterocycles. The Bertz CT molecular complexity index is 468. The second-order valence-corrected chi connectivity index (χ2v) is 6.23. The summed E-state index contributed by atoms with van der Waals surface area (Å²) < 4.78 is 0. The van der Waals surface area contributed by atoms with E-state index in [9.17, 15) is 0 Å². The molecule has 0 heteroatoms. The molecule has 1 fully saturated rings. The fourth-order valence-electron chi connectivity index (χ4n) is 3.36. The first kappa shape index (κ1) is 16.1. The number of allylic oxidation sites excluding steroid dienone is 4. The molecule has 1 saturated carbocycles. The second kappa shape index (κ2) is 8.87. The predicted octanol–water partition coefficient (Wildman–Crippen LogP) is 6.93. The van der Waals surface area contributed by atoms with E-state index in [1.54, 1.807) is 16.7 Å². The van der Waals surface area contributed by atoms with Crippen molar-refractivity contribution < 1.29 is 0 Å². The fraction of sp³-hybridized carbons (Fsp3) is 0.524. The van der Waals surface area contributed by atoms with E-state index in [4.69, 9.17) is 0 Å². The summed E-state index contributed by atoms with van der Waals surface area (Å²) in [5.41, 5.74) is 6.30. The zero-order valence-electron chi connectivity index (χ0n) is 13.8.